The van der Waals surface area contributed by atoms with Crippen molar-refractivity contribution in [2.45, 2.75) is 45.1 Å². The van der Waals surface area contributed by atoms with Gasteiger partial charge in [-0.2, -0.15) is 0 Å². The number of piperazine rings is 1. The van der Waals surface area contributed by atoms with E-state index in [1.54, 1.807) is 6.07 Å². The van der Waals surface area contributed by atoms with Gasteiger partial charge in [-0.05, 0) is 19.8 Å². The standard InChI is InChI=1S/C16H26N4O2/c1-13-12-15(18-22-13)17-16(21)6-7-19-8-10-20(11-9-19)14-4-2-3-5-14/h12,14H,2-11H2,1H3,(H,17,18,21). The number of carbonyl (C=O) groups excluding carboxylic acids is 1. The van der Waals surface area contributed by atoms with Gasteiger partial charge in [0.05, 0.1) is 0 Å². The number of amides is 1. The summed E-state index contributed by atoms with van der Waals surface area (Å²) < 4.78 is 4.94. The van der Waals surface area contributed by atoms with Gasteiger partial charge in [0.1, 0.15) is 5.76 Å². The van der Waals surface area contributed by atoms with Crippen LogP contribution in [-0.4, -0.2) is 59.6 Å². The number of hydrogen-bond donors (Lipinski definition) is 1. The first-order valence-electron chi connectivity index (χ1n) is 8.40. The number of nitrogens with zero attached hydrogens (tertiary/aromatic N) is 3. The Hall–Kier alpha value is -1.40. The van der Waals surface area contributed by atoms with Crippen LogP contribution in [0.3, 0.4) is 0 Å². The van der Waals surface area contributed by atoms with Crippen LogP contribution in [-0.2, 0) is 4.79 Å². The zero-order valence-corrected chi connectivity index (χ0v) is 13.4. The third kappa shape index (κ3) is 4.08. The number of aryl methyl sites for hydroxylation is 1. The topological polar surface area (TPSA) is 61.6 Å². The Bertz CT molecular complexity index is 488. The molecule has 0 bridgehead atoms. The molecule has 0 aromatic carbocycles. The molecule has 0 atom stereocenters. The van der Waals surface area contributed by atoms with Crippen LogP contribution in [0.15, 0.2) is 10.6 Å². The molecule has 2 aliphatic rings. The van der Waals surface area contributed by atoms with Gasteiger partial charge in [-0.1, -0.05) is 18.0 Å². The minimum atomic E-state index is 0.00604. The average molecular weight is 306 g/mol. The van der Waals surface area contributed by atoms with Gasteiger partial charge in [-0.3, -0.25) is 9.69 Å². The highest BCUT2D eigenvalue weighted by atomic mass is 16.5. The first kappa shape index (κ1) is 15.5. The summed E-state index contributed by atoms with van der Waals surface area (Å²) in [7, 11) is 0. The van der Waals surface area contributed by atoms with Gasteiger partial charge in [0.25, 0.3) is 0 Å². The molecule has 1 aromatic rings. The molecule has 1 N–H and O–H groups in total. The Kier molecular flexibility index (Phi) is 5.10. The molecule has 0 unspecified atom stereocenters. The summed E-state index contributed by atoms with van der Waals surface area (Å²) in [6.45, 7) is 7.08. The lowest BCUT2D eigenvalue weighted by molar-refractivity contribution is -0.116. The van der Waals surface area contributed by atoms with Crippen LogP contribution in [0.1, 0.15) is 37.9 Å². The molecule has 1 saturated heterocycles. The van der Waals surface area contributed by atoms with Crippen molar-refractivity contribution in [2.75, 3.05) is 38.0 Å². The minimum absolute atomic E-state index is 0.00604. The molecule has 2 heterocycles. The van der Waals surface area contributed by atoms with Gasteiger partial charge < -0.3 is 14.7 Å². The van der Waals surface area contributed by atoms with Crippen LogP contribution >= 0.6 is 0 Å². The fourth-order valence-corrected chi connectivity index (χ4v) is 3.51. The van der Waals surface area contributed by atoms with Gasteiger partial charge in [-0.15, -0.1) is 0 Å². The molecule has 0 radical (unpaired) electrons. The molecular formula is C16H26N4O2. The largest absolute Gasteiger partial charge is 0.360 e. The number of rotatable bonds is 5. The summed E-state index contributed by atoms with van der Waals surface area (Å²) in [6, 6.07) is 2.55. The summed E-state index contributed by atoms with van der Waals surface area (Å²) in [5.41, 5.74) is 0. The Morgan fingerprint density at radius 3 is 2.68 bits per heavy atom. The number of anilines is 1. The summed E-state index contributed by atoms with van der Waals surface area (Å²) in [6.07, 6.45) is 6.05. The highest BCUT2D eigenvalue weighted by Crippen LogP contribution is 2.24. The third-order valence-electron chi connectivity index (χ3n) is 4.80. The zero-order chi connectivity index (χ0) is 15.4. The molecule has 6 heteroatoms. The predicted molar refractivity (Wildman–Crippen MR) is 84.8 cm³/mol. The van der Waals surface area contributed by atoms with E-state index in [9.17, 15) is 4.79 Å². The van der Waals surface area contributed by atoms with Gasteiger partial charge in [0, 0.05) is 51.3 Å². The van der Waals surface area contributed by atoms with E-state index in [1.807, 2.05) is 6.92 Å². The monoisotopic (exact) mass is 306 g/mol. The average Bonchev–Trinajstić information content (AvgIpc) is 3.18. The molecule has 1 aromatic heterocycles. The summed E-state index contributed by atoms with van der Waals surface area (Å²) in [5, 5.41) is 6.55. The van der Waals surface area contributed by atoms with Gasteiger partial charge in [-0.25, -0.2) is 0 Å². The Morgan fingerprint density at radius 1 is 1.32 bits per heavy atom. The first-order valence-corrected chi connectivity index (χ1v) is 8.40. The number of hydrogen-bond acceptors (Lipinski definition) is 5. The fraction of sp³-hybridized carbons (Fsp3) is 0.750. The van der Waals surface area contributed by atoms with Crippen LogP contribution in [0.4, 0.5) is 5.82 Å². The molecule has 0 spiro atoms. The highest BCUT2D eigenvalue weighted by Gasteiger charge is 2.26. The van der Waals surface area contributed by atoms with Crippen molar-refractivity contribution in [1.29, 1.82) is 0 Å². The van der Waals surface area contributed by atoms with Crippen molar-refractivity contribution in [1.82, 2.24) is 15.0 Å². The van der Waals surface area contributed by atoms with Gasteiger partial charge in [0.15, 0.2) is 5.82 Å². The molecule has 22 heavy (non-hydrogen) atoms. The van der Waals surface area contributed by atoms with Crippen LogP contribution < -0.4 is 5.32 Å². The smallest absolute Gasteiger partial charge is 0.226 e. The van der Waals surface area contributed by atoms with Crippen LogP contribution in [0.5, 0.6) is 0 Å². The van der Waals surface area contributed by atoms with Crippen molar-refractivity contribution in [3.8, 4) is 0 Å². The van der Waals surface area contributed by atoms with Crippen molar-refractivity contribution in [3.63, 3.8) is 0 Å². The zero-order valence-electron chi connectivity index (χ0n) is 13.4. The summed E-state index contributed by atoms with van der Waals surface area (Å²) >= 11 is 0. The van der Waals surface area contributed by atoms with Gasteiger partial charge in [0.2, 0.25) is 5.91 Å². The van der Waals surface area contributed by atoms with Gasteiger partial charge >= 0.3 is 0 Å². The second-order valence-corrected chi connectivity index (χ2v) is 6.44. The Balaban J connectivity index is 1.35. The van der Waals surface area contributed by atoms with E-state index < -0.39 is 0 Å². The maximum absolute atomic E-state index is 11.9. The Morgan fingerprint density at radius 2 is 2.05 bits per heavy atom. The Labute approximate surface area is 131 Å². The van der Waals surface area contributed by atoms with Crippen LogP contribution in [0.2, 0.25) is 0 Å². The van der Waals surface area contributed by atoms with Crippen molar-refractivity contribution >= 4 is 11.7 Å². The maximum atomic E-state index is 11.9. The second-order valence-electron chi connectivity index (χ2n) is 6.44. The van der Waals surface area contributed by atoms with Crippen molar-refractivity contribution in [3.05, 3.63) is 11.8 Å². The first-order chi connectivity index (χ1) is 10.7. The minimum Gasteiger partial charge on any atom is -0.360 e. The lowest BCUT2D eigenvalue weighted by Crippen LogP contribution is -2.50. The van der Waals surface area contributed by atoms with Crippen molar-refractivity contribution < 1.29 is 9.32 Å². The highest BCUT2D eigenvalue weighted by molar-refractivity contribution is 5.89. The third-order valence-corrected chi connectivity index (χ3v) is 4.80. The van der Waals surface area contributed by atoms with E-state index >= 15 is 0 Å². The maximum Gasteiger partial charge on any atom is 0.226 e. The van der Waals surface area contributed by atoms with E-state index in [4.69, 9.17) is 4.52 Å². The number of aromatic nitrogens is 1. The van der Waals surface area contributed by atoms with E-state index in [1.165, 1.54) is 25.7 Å². The molecule has 2 fully saturated rings. The van der Waals surface area contributed by atoms with E-state index in [0.717, 1.165) is 38.8 Å². The molecule has 1 saturated carbocycles. The summed E-state index contributed by atoms with van der Waals surface area (Å²) in [5.74, 6) is 1.22. The molecule has 1 aliphatic heterocycles. The van der Waals surface area contributed by atoms with E-state index in [0.29, 0.717) is 18.0 Å². The lowest BCUT2D eigenvalue weighted by atomic mass is 10.2. The summed E-state index contributed by atoms with van der Waals surface area (Å²) in [4.78, 5) is 16.9. The van der Waals surface area contributed by atoms with Crippen molar-refractivity contribution in [2.24, 2.45) is 0 Å². The SMILES string of the molecule is Cc1cc(NC(=O)CCN2CCN(C3CCCC3)CC2)no1. The molecule has 122 valence electrons. The predicted octanol–water partition coefficient (Wildman–Crippen LogP) is 1.87. The quantitative estimate of drug-likeness (QED) is 0.900. The van der Waals surface area contributed by atoms with Crippen LogP contribution in [0.25, 0.3) is 0 Å². The fourth-order valence-electron chi connectivity index (χ4n) is 3.51. The lowest BCUT2D eigenvalue weighted by Gasteiger charge is -2.38. The number of nitrogens with one attached hydrogen (secondary N) is 1. The number of carbonyl (C=O) groups is 1. The molecule has 1 amide bonds. The molecule has 1 aliphatic carbocycles. The van der Waals surface area contributed by atoms with E-state index in [-0.39, 0.29) is 5.91 Å². The molecular weight excluding hydrogens is 280 g/mol. The molecule has 3 rings (SSSR count). The molecule has 6 nitrogen and oxygen atoms in total. The van der Waals surface area contributed by atoms with Crippen LogP contribution in [0, 0.1) is 6.92 Å². The normalized spacial score (nSPS) is 21.3. The second kappa shape index (κ2) is 7.24. The van der Waals surface area contributed by atoms with E-state index in [2.05, 4.69) is 20.3 Å².